The van der Waals surface area contributed by atoms with Crippen molar-refractivity contribution in [2.75, 3.05) is 13.1 Å². The molecule has 1 aliphatic heterocycles. The lowest BCUT2D eigenvalue weighted by atomic mass is 9.88. The topological polar surface area (TPSA) is 65.2 Å². The van der Waals surface area contributed by atoms with Crippen molar-refractivity contribution in [1.29, 1.82) is 0 Å². The highest BCUT2D eigenvalue weighted by molar-refractivity contribution is 5.84. The summed E-state index contributed by atoms with van der Waals surface area (Å²) in [6, 6.07) is 21.2. The number of rotatable bonds is 8. The van der Waals surface area contributed by atoms with E-state index in [0.717, 1.165) is 48.6 Å². The fourth-order valence-corrected chi connectivity index (χ4v) is 5.95. The van der Waals surface area contributed by atoms with Crippen LogP contribution in [0.1, 0.15) is 35.9 Å². The van der Waals surface area contributed by atoms with Gasteiger partial charge in [0.1, 0.15) is 11.6 Å². The average Bonchev–Trinajstić information content (AvgIpc) is 3.47. The first-order valence-corrected chi connectivity index (χ1v) is 14.0. The van der Waals surface area contributed by atoms with E-state index in [0.29, 0.717) is 16.5 Å². The van der Waals surface area contributed by atoms with Gasteiger partial charge in [0, 0.05) is 49.1 Å². The molecule has 1 aliphatic rings. The lowest BCUT2D eigenvalue weighted by molar-refractivity contribution is -0.0505. The molecule has 0 aliphatic carbocycles. The Balaban J connectivity index is 1.27. The van der Waals surface area contributed by atoms with Crippen molar-refractivity contribution >= 4 is 10.9 Å². The quantitative estimate of drug-likeness (QED) is 0.232. The summed E-state index contributed by atoms with van der Waals surface area (Å²) in [5.74, 6) is 0.915. The van der Waals surface area contributed by atoms with Crippen LogP contribution in [0.2, 0.25) is 0 Å². The van der Waals surface area contributed by atoms with Crippen LogP contribution in [0.3, 0.4) is 0 Å². The molecule has 0 bridgehead atoms. The predicted molar refractivity (Wildman–Crippen MR) is 159 cm³/mol. The summed E-state index contributed by atoms with van der Waals surface area (Å²) in [5, 5.41) is 0.541. The summed E-state index contributed by atoms with van der Waals surface area (Å²) in [6.45, 7) is 4.14. The van der Waals surface area contributed by atoms with Gasteiger partial charge in [0.05, 0.1) is 17.4 Å². The molecule has 1 saturated heterocycles. The molecule has 1 unspecified atom stereocenters. The molecule has 0 N–H and O–H groups in total. The molecule has 0 spiro atoms. The van der Waals surface area contributed by atoms with Crippen LogP contribution < -0.4 is 10.3 Å². The molecule has 3 heterocycles. The maximum absolute atomic E-state index is 13.1. The molecule has 1 atom stereocenters. The smallest absolute Gasteiger partial charge is 0.387 e. The van der Waals surface area contributed by atoms with E-state index in [9.17, 15) is 13.6 Å². The van der Waals surface area contributed by atoms with Crippen molar-refractivity contribution in [1.82, 2.24) is 24.2 Å². The Morgan fingerprint density at radius 1 is 0.976 bits per heavy atom. The number of likely N-dealkylation sites (tertiary alicyclic amines) is 1. The van der Waals surface area contributed by atoms with E-state index in [-0.39, 0.29) is 23.3 Å². The molecule has 3 aromatic carbocycles. The predicted octanol–water partition coefficient (Wildman–Crippen LogP) is 5.92. The molecule has 9 heteroatoms. The Morgan fingerprint density at radius 2 is 1.74 bits per heavy atom. The second-order valence-electron chi connectivity index (χ2n) is 11.4. The van der Waals surface area contributed by atoms with Gasteiger partial charge < -0.3 is 4.74 Å². The van der Waals surface area contributed by atoms with Crippen LogP contribution in [0, 0.1) is 6.92 Å². The van der Waals surface area contributed by atoms with E-state index in [1.165, 1.54) is 16.3 Å². The first-order chi connectivity index (χ1) is 20.2. The van der Waals surface area contributed by atoms with Crippen molar-refractivity contribution in [2.45, 2.75) is 45.4 Å². The average molecular weight is 570 g/mol. The third-order valence-corrected chi connectivity index (χ3v) is 8.24. The van der Waals surface area contributed by atoms with Gasteiger partial charge in [0.25, 0.3) is 5.56 Å². The Kier molecular flexibility index (Phi) is 7.36. The van der Waals surface area contributed by atoms with E-state index in [1.807, 2.05) is 37.5 Å². The second-order valence-corrected chi connectivity index (χ2v) is 11.4. The lowest BCUT2D eigenvalue weighted by Gasteiger charge is -2.23. The molecule has 0 amide bonds. The van der Waals surface area contributed by atoms with Gasteiger partial charge in [-0.25, -0.2) is 9.97 Å². The first kappa shape index (κ1) is 27.8. The molecule has 7 nitrogen and oxygen atoms in total. The van der Waals surface area contributed by atoms with Gasteiger partial charge in [0.2, 0.25) is 0 Å². The standard InChI is InChI=1S/C33H33F2N5O2/c1-22-9-12-29(42-32(34)35)25(15-22)20-40-28-16-24(10-11-27(28)30(41)38(40)3)26-17-36-31(37-18-26)33(2)13-14-39(21-33)19-23-7-5-4-6-8-23/h4-12,15-18,32H,13-14,19-21H2,1-3H3. The fraction of sp³-hybridized carbons (Fsp3) is 0.303. The van der Waals surface area contributed by atoms with Gasteiger partial charge in [-0.05, 0) is 49.2 Å². The van der Waals surface area contributed by atoms with Gasteiger partial charge in [-0.15, -0.1) is 0 Å². The van der Waals surface area contributed by atoms with E-state index < -0.39 is 6.61 Å². The molecule has 42 heavy (non-hydrogen) atoms. The maximum Gasteiger partial charge on any atom is 0.387 e. The summed E-state index contributed by atoms with van der Waals surface area (Å²) < 4.78 is 34.2. The van der Waals surface area contributed by atoms with Crippen molar-refractivity contribution in [3.8, 4) is 16.9 Å². The zero-order chi connectivity index (χ0) is 29.4. The zero-order valence-corrected chi connectivity index (χ0v) is 23.9. The number of ether oxygens (including phenoxy) is 1. The summed E-state index contributed by atoms with van der Waals surface area (Å²) in [6.07, 6.45) is 4.67. The highest BCUT2D eigenvalue weighted by Gasteiger charge is 2.37. The molecule has 216 valence electrons. The van der Waals surface area contributed by atoms with Gasteiger partial charge in [-0.1, -0.05) is 61.0 Å². The maximum atomic E-state index is 13.1. The lowest BCUT2D eigenvalue weighted by Crippen LogP contribution is -2.29. The number of fused-ring (bicyclic) bond motifs is 1. The van der Waals surface area contributed by atoms with Crippen molar-refractivity contribution in [3.05, 3.63) is 112 Å². The summed E-state index contributed by atoms with van der Waals surface area (Å²) in [7, 11) is 1.67. The minimum Gasteiger partial charge on any atom is -0.434 e. The Hall–Kier alpha value is -4.37. The van der Waals surface area contributed by atoms with Crippen LogP contribution in [0.5, 0.6) is 5.75 Å². The van der Waals surface area contributed by atoms with E-state index in [1.54, 1.807) is 29.9 Å². The van der Waals surface area contributed by atoms with Gasteiger partial charge in [0.15, 0.2) is 0 Å². The number of halogens is 2. The van der Waals surface area contributed by atoms with Crippen LogP contribution in [-0.2, 0) is 25.6 Å². The third-order valence-electron chi connectivity index (χ3n) is 8.24. The number of alkyl halides is 2. The summed E-state index contributed by atoms with van der Waals surface area (Å²) in [5.41, 5.74) is 4.86. The van der Waals surface area contributed by atoms with Gasteiger partial charge in [-0.2, -0.15) is 8.78 Å². The largest absolute Gasteiger partial charge is 0.434 e. The fourth-order valence-electron chi connectivity index (χ4n) is 5.95. The Bertz CT molecular complexity index is 1780. The molecule has 0 radical (unpaired) electrons. The number of hydrogen-bond acceptors (Lipinski definition) is 5. The second kappa shape index (κ2) is 11.1. The molecular weight excluding hydrogens is 536 g/mol. The number of aromatic nitrogens is 4. The van der Waals surface area contributed by atoms with Gasteiger partial charge >= 0.3 is 6.61 Å². The molecule has 5 aromatic rings. The molecule has 1 fully saturated rings. The number of nitrogens with zero attached hydrogens (tertiary/aromatic N) is 5. The van der Waals surface area contributed by atoms with Crippen molar-refractivity contribution in [2.24, 2.45) is 7.05 Å². The normalized spacial score (nSPS) is 17.4. The van der Waals surface area contributed by atoms with Crippen molar-refractivity contribution in [3.63, 3.8) is 0 Å². The monoisotopic (exact) mass is 569 g/mol. The SMILES string of the molecule is Cc1ccc(OC(F)F)c(Cn2c3cc(-c4cnc(C5(C)CCN(Cc6ccccc6)C5)nc4)ccc3c(=O)n2C)c1. The molecule has 6 rings (SSSR count). The van der Waals surface area contributed by atoms with Crippen LogP contribution >= 0.6 is 0 Å². The van der Waals surface area contributed by atoms with E-state index in [4.69, 9.17) is 14.7 Å². The number of hydrogen-bond donors (Lipinski definition) is 0. The third kappa shape index (κ3) is 5.44. The van der Waals surface area contributed by atoms with E-state index in [2.05, 4.69) is 36.1 Å². The first-order valence-electron chi connectivity index (χ1n) is 14.0. The van der Waals surface area contributed by atoms with Crippen LogP contribution in [-0.4, -0.2) is 43.9 Å². The molecule has 2 aromatic heterocycles. The highest BCUT2D eigenvalue weighted by Crippen LogP contribution is 2.33. The summed E-state index contributed by atoms with van der Waals surface area (Å²) in [4.78, 5) is 25.1. The van der Waals surface area contributed by atoms with Crippen LogP contribution in [0.25, 0.3) is 22.0 Å². The van der Waals surface area contributed by atoms with Crippen LogP contribution in [0.15, 0.2) is 83.9 Å². The van der Waals surface area contributed by atoms with Crippen molar-refractivity contribution < 1.29 is 13.5 Å². The Morgan fingerprint density at radius 3 is 2.48 bits per heavy atom. The highest BCUT2D eigenvalue weighted by atomic mass is 19.3. The zero-order valence-electron chi connectivity index (χ0n) is 23.9. The van der Waals surface area contributed by atoms with E-state index >= 15 is 0 Å². The van der Waals surface area contributed by atoms with Crippen LogP contribution in [0.4, 0.5) is 8.78 Å². The Labute approximate surface area is 243 Å². The number of aryl methyl sites for hydroxylation is 1. The summed E-state index contributed by atoms with van der Waals surface area (Å²) >= 11 is 0. The van der Waals surface area contributed by atoms with Gasteiger partial charge in [-0.3, -0.25) is 19.1 Å². The number of benzene rings is 3. The molecular formula is C33H33F2N5O2. The molecule has 0 saturated carbocycles. The minimum atomic E-state index is -2.94. The minimum absolute atomic E-state index is 0.0905.